The fraction of sp³-hybridized carbons (Fsp3) is 0.500. The minimum atomic E-state index is -1.11. The highest BCUT2D eigenvalue weighted by Crippen LogP contribution is 2.33. The van der Waals surface area contributed by atoms with Crippen molar-refractivity contribution in [3.05, 3.63) is 22.6 Å². The molecular formula is C12H14O5. The van der Waals surface area contributed by atoms with Crippen molar-refractivity contribution in [1.82, 2.24) is 0 Å². The summed E-state index contributed by atoms with van der Waals surface area (Å²) in [6.07, 6.45) is 2.00. The molecule has 1 saturated heterocycles. The number of hydrogen-bond acceptors (Lipinski definition) is 4. The first-order chi connectivity index (χ1) is 8.15. The second kappa shape index (κ2) is 4.71. The Labute approximate surface area is 98.4 Å². The van der Waals surface area contributed by atoms with Crippen molar-refractivity contribution in [3.8, 4) is 0 Å². The van der Waals surface area contributed by atoms with Crippen LogP contribution in [0.3, 0.4) is 0 Å². The quantitative estimate of drug-likeness (QED) is 0.815. The molecular weight excluding hydrogens is 224 g/mol. The van der Waals surface area contributed by atoms with Gasteiger partial charge in [0, 0.05) is 19.1 Å². The van der Waals surface area contributed by atoms with E-state index in [9.17, 15) is 14.7 Å². The number of furan rings is 1. The third-order valence-electron chi connectivity index (χ3n) is 3.08. The Morgan fingerprint density at radius 1 is 1.41 bits per heavy atom. The Hall–Kier alpha value is -1.62. The van der Waals surface area contributed by atoms with Crippen molar-refractivity contribution >= 4 is 12.3 Å². The average molecular weight is 238 g/mol. The van der Waals surface area contributed by atoms with Crippen LogP contribution in [0.25, 0.3) is 0 Å². The molecule has 1 aliphatic heterocycles. The van der Waals surface area contributed by atoms with E-state index in [0.29, 0.717) is 31.0 Å². The Morgan fingerprint density at radius 3 is 2.59 bits per heavy atom. The molecule has 0 aromatic carbocycles. The number of ether oxygens (including phenoxy) is 1. The van der Waals surface area contributed by atoms with Gasteiger partial charge in [-0.15, -0.1) is 0 Å². The molecule has 1 aromatic rings. The smallest absolute Gasteiger partial charge is 0.340 e. The second-order valence-electron chi connectivity index (χ2n) is 4.12. The average Bonchev–Trinajstić information content (AvgIpc) is 2.67. The van der Waals surface area contributed by atoms with E-state index in [0.717, 1.165) is 12.8 Å². The van der Waals surface area contributed by atoms with Crippen LogP contribution in [0.4, 0.5) is 0 Å². The van der Waals surface area contributed by atoms with Crippen LogP contribution in [0.1, 0.15) is 51.0 Å². The molecule has 0 saturated carbocycles. The molecule has 2 rings (SSSR count). The van der Waals surface area contributed by atoms with Crippen LogP contribution < -0.4 is 0 Å². The molecule has 0 spiro atoms. The summed E-state index contributed by atoms with van der Waals surface area (Å²) in [6.45, 7) is 2.80. The number of aldehydes is 1. The lowest BCUT2D eigenvalue weighted by Gasteiger charge is -2.20. The van der Waals surface area contributed by atoms with E-state index in [1.165, 1.54) is 0 Å². The Morgan fingerprint density at radius 2 is 2.06 bits per heavy atom. The summed E-state index contributed by atoms with van der Waals surface area (Å²) in [4.78, 5) is 22.1. The highest BCUT2D eigenvalue weighted by atomic mass is 16.5. The van der Waals surface area contributed by atoms with E-state index in [1.807, 2.05) is 0 Å². The second-order valence-corrected chi connectivity index (χ2v) is 4.12. The van der Waals surface area contributed by atoms with Crippen LogP contribution in [-0.2, 0) is 4.74 Å². The van der Waals surface area contributed by atoms with Gasteiger partial charge in [-0.2, -0.15) is 0 Å². The largest absolute Gasteiger partial charge is 0.478 e. The van der Waals surface area contributed by atoms with Crippen molar-refractivity contribution in [2.75, 3.05) is 13.2 Å². The summed E-state index contributed by atoms with van der Waals surface area (Å²) in [5, 5.41) is 9.17. The van der Waals surface area contributed by atoms with Gasteiger partial charge in [0.2, 0.25) is 0 Å². The first-order valence-electron chi connectivity index (χ1n) is 5.54. The van der Waals surface area contributed by atoms with E-state index in [-0.39, 0.29) is 17.0 Å². The lowest BCUT2D eigenvalue weighted by Crippen LogP contribution is -2.16. The summed E-state index contributed by atoms with van der Waals surface area (Å²) in [6, 6.07) is 0. The minimum Gasteiger partial charge on any atom is -0.478 e. The van der Waals surface area contributed by atoms with Gasteiger partial charge < -0.3 is 14.3 Å². The SMILES string of the molecule is Cc1oc(C2CCOCC2)c(C(=O)O)c1C=O. The topological polar surface area (TPSA) is 76.7 Å². The Kier molecular flexibility index (Phi) is 3.28. The van der Waals surface area contributed by atoms with Gasteiger partial charge in [0.1, 0.15) is 17.1 Å². The molecule has 1 aromatic heterocycles. The predicted molar refractivity (Wildman–Crippen MR) is 58.6 cm³/mol. The van der Waals surface area contributed by atoms with Gasteiger partial charge in [-0.3, -0.25) is 4.79 Å². The van der Waals surface area contributed by atoms with E-state index in [1.54, 1.807) is 6.92 Å². The molecule has 1 fully saturated rings. The van der Waals surface area contributed by atoms with Crippen LogP contribution in [0.2, 0.25) is 0 Å². The standard InChI is InChI=1S/C12H14O5/c1-7-9(6-13)10(12(14)15)11(17-7)8-2-4-16-5-3-8/h6,8H,2-5H2,1H3,(H,14,15). The fourth-order valence-electron chi connectivity index (χ4n) is 2.19. The van der Waals surface area contributed by atoms with Crippen LogP contribution in [-0.4, -0.2) is 30.6 Å². The van der Waals surface area contributed by atoms with Gasteiger partial charge in [0.15, 0.2) is 6.29 Å². The number of hydrogen-bond donors (Lipinski definition) is 1. The highest BCUT2D eigenvalue weighted by Gasteiger charge is 2.29. The van der Waals surface area contributed by atoms with Gasteiger partial charge in [0.25, 0.3) is 0 Å². The van der Waals surface area contributed by atoms with Gasteiger partial charge in [-0.1, -0.05) is 0 Å². The number of carbonyl (C=O) groups is 2. The molecule has 1 aliphatic rings. The minimum absolute atomic E-state index is 0.0180. The molecule has 17 heavy (non-hydrogen) atoms. The van der Waals surface area contributed by atoms with E-state index >= 15 is 0 Å². The zero-order valence-electron chi connectivity index (χ0n) is 9.56. The third-order valence-corrected chi connectivity index (χ3v) is 3.08. The van der Waals surface area contributed by atoms with Crippen molar-refractivity contribution in [2.24, 2.45) is 0 Å². The summed E-state index contributed by atoms with van der Waals surface area (Å²) < 4.78 is 10.7. The lowest BCUT2D eigenvalue weighted by molar-refractivity contribution is 0.0673. The van der Waals surface area contributed by atoms with Crippen LogP contribution in [0.15, 0.2) is 4.42 Å². The van der Waals surface area contributed by atoms with Gasteiger partial charge in [0.05, 0.1) is 5.56 Å². The predicted octanol–water partition coefficient (Wildman–Crippen LogP) is 1.99. The van der Waals surface area contributed by atoms with Crippen molar-refractivity contribution < 1.29 is 23.8 Å². The van der Waals surface area contributed by atoms with Gasteiger partial charge in [-0.25, -0.2) is 4.79 Å². The third kappa shape index (κ3) is 2.10. The molecule has 0 unspecified atom stereocenters. The van der Waals surface area contributed by atoms with Crippen LogP contribution in [0.5, 0.6) is 0 Å². The maximum absolute atomic E-state index is 11.2. The van der Waals surface area contributed by atoms with Crippen LogP contribution >= 0.6 is 0 Å². The summed E-state index contributed by atoms with van der Waals surface area (Å²) in [5.41, 5.74) is 0.170. The Balaban J connectivity index is 2.45. The molecule has 0 bridgehead atoms. The summed E-state index contributed by atoms with van der Waals surface area (Å²) in [7, 11) is 0. The highest BCUT2D eigenvalue weighted by molar-refractivity contribution is 5.99. The van der Waals surface area contributed by atoms with E-state index < -0.39 is 5.97 Å². The fourth-order valence-corrected chi connectivity index (χ4v) is 2.19. The molecule has 0 atom stereocenters. The number of carbonyl (C=O) groups excluding carboxylic acids is 1. The zero-order valence-corrected chi connectivity index (χ0v) is 9.56. The van der Waals surface area contributed by atoms with Crippen molar-refractivity contribution in [1.29, 1.82) is 0 Å². The van der Waals surface area contributed by atoms with Gasteiger partial charge in [-0.05, 0) is 19.8 Å². The molecule has 1 N–H and O–H groups in total. The molecule has 0 amide bonds. The molecule has 5 heteroatoms. The Bertz CT molecular complexity index is 440. The monoisotopic (exact) mass is 238 g/mol. The van der Waals surface area contributed by atoms with Crippen molar-refractivity contribution in [3.63, 3.8) is 0 Å². The molecule has 92 valence electrons. The van der Waals surface area contributed by atoms with E-state index in [4.69, 9.17) is 9.15 Å². The maximum atomic E-state index is 11.2. The first kappa shape index (κ1) is 11.9. The van der Waals surface area contributed by atoms with Crippen molar-refractivity contribution in [2.45, 2.75) is 25.7 Å². The summed E-state index contributed by atoms with van der Waals surface area (Å²) >= 11 is 0. The van der Waals surface area contributed by atoms with Gasteiger partial charge >= 0.3 is 5.97 Å². The number of aryl methyl sites for hydroxylation is 1. The number of aromatic carboxylic acids is 1. The molecule has 0 radical (unpaired) electrons. The lowest BCUT2D eigenvalue weighted by atomic mass is 9.93. The molecule has 2 heterocycles. The zero-order chi connectivity index (χ0) is 12.4. The number of carboxylic acids is 1. The van der Waals surface area contributed by atoms with Crippen LogP contribution in [0, 0.1) is 6.92 Å². The molecule has 5 nitrogen and oxygen atoms in total. The molecule has 0 aliphatic carbocycles. The first-order valence-corrected chi connectivity index (χ1v) is 5.54. The summed E-state index contributed by atoms with van der Waals surface area (Å²) in [5.74, 6) is -0.285. The maximum Gasteiger partial charge on any atom is 0.340 e. The normalized spacial score (nSPS) is 17.0. The number of carboxylic acid groups (broad SMARTS) is 1. The number of rotatable bonds is 3. The van der Waals surface area contributed by atoms with E-state index in [2.05, 4.69) is 0 Å².